The zero-order chi connectivity index (χ0) is 14.1. The van der Waals surface area contributed by atoms with Crippen LogP contribution in [-0.2, 0) is 0 Å². The van der Waals surface area contributed by atoms with Gasteiger partial charge in [0.1, 0.15) is 0 Å². The van der Waals surface area contributed by atoms with Crippen molar-refractivity contribution in [3.63, 3.8) is 0 Å². The number of hydrogen-bond acceptors (Lipinski definition) is 2. The Morgan fingerprint density at radius 1 is 1.30 bits per heavy atom. The summed E-state index contributed by atoms with van der Waals surface area (Å²) in [4.78, 5) is 14.8. The van der Waals surface area contributed by atoms with Crippen LogP contribution in [0.1, 0.15) is 43.0 Å². The standard InChI is InChI=1S/C16H21ClN2O/c1-2-19(13-9-11-7-8-12(10-13)18-11)16(20)14-5-3-4-6-15(14)17/h3-6,11-13,18H,2,7-10H2,1H3. The van der Waals surface area contributed by atoms with Crippen LogP contribution in [0.5, 0.6) is 0 Å². The van der Waals surface area contributed by atoms with E-state index in [1.807, 2.05) is 23.1 Å². The molecule has 2 atom stereocenters. The lowest BCUT2D eigenvalue weighted by Gasteiger charge is -2.37. The molecule has 1 aromatic carbocycles. The van der Waals surface area contributed by atoms with E-state index in [0.29, 0.717) is 28.7 Å². The maximum atomic E-state index is 12.8. The molecule has 0 spiro atoms. The van der Waals surface area contributed by atoms with Crippen LogP contribution in [-0.4, -0.2) is 35.5 Å². The molecule has 4 heteroatoms. The van der Waals surface area contributed by atoms with Crippen LogP contribution in [0.4, 0.5) is 0 Å². The summed E-state index contributed by atoms with van der Waals surface area (Å²) in [5, 5.41) is 4.17. The molecule has 20 heavy (non-hydrogen) atoms. The number of carbonyl (C=O) groups is 1. The van der Waals surface area contributed by atoms with E-state index in [2.05, 4.69) is 12.2 Å². The Labute approximate surface area is 125 Å². The number of hydrogen-bond donors (Lipinski definition) is 1. The number of rotatable bonds is 3. The number of benzene rings is 1. The second-order valence-electron chi connectivity index (χ2n) is 5.83. The number of halogens is 1. The Hall–Kier alpha value is -1.06. The molecular weight excluding hydrogens is 272 g/mol. The molecule has 2 aliphatic heterocycles. The second-order valence-corrected chi connectivity index (χ2v) is 6.24. The van der Waals surface area contributed by atoms with Gasteiger partial charge in [-0.15, -0.1) is 0 Å². The first kappa shape index (κ1) is 13.9. The minimum atomic E-state index is 0.0735. The molecule has 2 aliphatic rings. The average molecular weight is 293 g/mol. The fourth-order valence-corrected chi connectivity index (χ4v) is 3.86. The number of amides is 1. The summed E-state index contributed by atoms with van der Waals surface area (Å²) >= 11 is 6.17. The first-order valence-electron chi connectivity index (χ1n) is 7.50. The SMILES string of the molecule is CCN(C(=O)c1ccccc1Cl)C1CC2CCC(C1)N2. The van der Waals surface area contributed by atoms with Crippen LogP contribution in [0.25, 0.3) is 0 Å². The summed E-state index contributed by atoms with van der Waals surface area (Å²) in [7, 11) is 0. The van der Waals surface area contributed by atoms with E-state index in [1.165, 1.54) is 12.8 Å². The van der Waals surface area contributed by atoms with Gasteiger partial charge in [-0.05, 0) is 44.7 Å². The highest BCUT2D eigenvalue weighted by atomic mass is 35.5. The molecule has 0 aliphatic carbocycles. The third kappa shape index (κ3) is 2.57. The predicted molar refractivity (Wildman–Crippen MR) is 81.1 cm³/mol. The Balaban J connectivity index is 1.79. The van der Waals surface area contributed by atoms with Gasteiger partial charge >= 0.3 is 0 Å². The zero-order valence-electron chi connectivity index (χ0n) is 11.8. The van der Waals surface area contributed by atoms with Crippen molar-refractivity contribution in [2.75, 3.05) is 6.54 Å². The monoisotopic (exact) mass is 292 g/mol. The van der Waals surface area contributed by atoms with Gasteiger partial charge < -0.3 is 10.2 Å². The lowest BCUT2D eigenvalue weighted by molar-refractivity contribution is 0.0631. The summed E-state index contributed by atoms with van der Waals surface area (Å²) in [5.74, 6) is 0.0735. The van der Waals surface area contributed by atoms with E-state index < -0.39 is 0 Å². The third-order valence-corrected chi connectivity index (χ3v) is 4.92. The number of nitrogens with one attached hydrogen (secondary N) is 1. The number of carbonyl (C=O) groups excluding carboxylic acids is 1. The number of piperidine rings is 1. The minimum Gasteiger partial charge on any atom is -0.336 e. The zero-order valence-corrected chi connectivity index (χ0v) is 12.6. The van der Waals surface area contributed by atoms with Crippen molar-refractivity contribution in [2.45, 2.75) is 50.7 Å². The van der Waals surface area contributed by atoms with Gasteiger partial charge in [0, 0.05) is 24.7 Å². The summed E-state index contributed by atoms with van der Waals surface area (Å²) in [6.45, 7) is 2.80. The van der Waals surface area contributed by atoms with Gasteiger partial charge in [-0.2, -0.15) is 0 Å². The van der Waals surface area contributed by atoms with Crippen LogP contribution in [0, 0.1) is 0 Å². The topological polar surface area (TPSA) is 32.3 Å². The van der Waals surface area contributed by atoms with Crippen molar-refractivity contribution in [1.29, 1.82) is 0 Å². The van der Waals surface area contributed by atoms with E-state index in [1.54, 1.807) is 6.07 Å². The highest BCUT2D eigenvalue weighted by Crippen LogP contribution is 2.31. The molecule has 2 heterocycles. The van der Waals surface area contributed by atoms with Gasteiger partial charge in [0.05, 0.1) is 10.6 Å². The molecule has 1 amide bonds. The van der Waals surface area contributed by atoms with Crippen LogP contribution in [0.3, 0.4) is 0 Å². The van der Waals surface area contributed by atoms with E-state index in [9.17, 15) is 4.79 Å². The van der Waals surface area contributed by atoms with E-state index in [-0.39, 0.29) is 5.91 Å². The van der Waals surface area contributed by atoms with E-state index >= 15 is 0 Å². The number of fused-ring (bicyclic) bond motifs is 2. The predicted octanol–water partition coefficient (Wildman–Crippen LogP) is 3.09. The van der Waals surface area contributed by atoms with Crippen LogP contribution in [0.15, 0.2) is 24.3 Å². The van der Waals surface area contributed by atoms with E-state index in [4.69, 9.17) is 11.6 Å². The Morgan fingerprint density at radius 2 is 1.95 bits per heavy atom. The largest absolute Gasteiger partial charge is 0.336 e. The maximum absolute atomic E-state index is 12.8. The molecule has 1 N–H and O–H groups in total. The van der Waals surface area contributed by atoms with Gasteiger partial charge in [-0.3, -0.25) is 4.79 Å². The quantitative estimate of drug-likeness (QED) is 0.928. The van der Waals surface area contributed by atoms with Crippen molar-refractivity contribution in [1.82, 2.24) is 10.2 Å². The van der Waals surface area contributed by atoms with Crippen molar-refractivity contribution < 1.29 is 4.79 Å². The molecule has 3 rings (SSSR count). The van der Waals surface area contributed by atoms with Crippen LogP contribution in [0.2, 0.25) is 5.02 Å². The van der Waals surface area contributed by atoms with Crippen molar-refractivity contribution in [3.05, 3.63) is 34.9 Å². The fraction of sp³-hybridized carbons (Fsp3) is 0.562. The Bertz CT molecular complexity index is 493. The average Bonchev–Trinajstić information content (AvgIpc) is 2.79. The van der Waals surface area contributed by atoms with Crippen LogP contribution < -0.4 is 5.32 Å². The van der Waals surface area contributed by atoms with Gasteiger partial charge in [0.2, 0.25) is 0 Å². The lowest BCUT2D eigenvalue weighted by Crippen LogP contribution is -2.50. The van der Waals surface area contributed by atoms with Gasteiger partial charge in [-0.1, -0.05) is 23.7 Å². The van der Waals surface area contributed by atoms with Crippen molar-refractivity contribution in [3.8, 4) is 0 Å². The molecule has 2 bridgehead atoms. The van der Waals surface area contributed by atoms with Gasteiger partial charge in [0.15, 0.2) is 0 Å². The molecule has 2 unspecified atom stereocenters. The first-order chi connectivity index (χ1) is 9.69. The Kier molecular flexibility index (Phi) is 3.99. The highest BCUT2D eigenvalue weighted by molar-refractivity contribution is 6.33. The molecule has 0 aromatic heterocycles. The highest BCUT2D eigenvalue weighted by Gasteiger charge is 2.37. The maximum Gasteiger partial charge on any atom is 0.255 e. The summed E-state index contributed by atoms with van der Waals surface area (Å²) in [6.07, 6.45) is 4.64. The smallest absolute Gasteiger partial charge is 0.255 e. The summed E-state index contributed by atoms with van der Waals surface area (Å²) < 4.78 is 0. The van der Waals surface area contributed by atoms with E-state index in [0.717, 1.165) is 19.4 Å². The molecule has 1 aromatic rings. The number of nitrogens with zero attached hydrogens (tertiary/aromatic N) is 1. The van der Waals surface area contributed by atoms with Crippen LogP contribution >= 0.6 is 11.6 Å². The molecular formula is C16H21ClN2O. The lowest BCUT2D eigenvalue weighted by atomic mass is 9.97. The van der Waals surface area contributed by atoms with Gasteiger partial charge in [-0.25, -0.2) is 0 Å². The summed E-state index contributed by atoms with van der Waals surface area (Å²) in [6, 6.07) is 8.87. The minimum absolute atomic E-state index is 0.0735. The fourth-order valence-electron chi connectivity index (χ4n) is 3.64. The molecule has 0 radical (unpaired) electrons. The molecule has 2 saturated heterocycles. The molecule has 108 valence electrons. The third-order valence-electron chi connectivity index (χ3n) is 4.59. The van der Waals surface area contributed by atoms with Crippen molar-refractivity contribution in [2.24, 2.45) is 0 Å². The summed E-state index contributed by atoms with van der Waals surface area (Å²) in [5.41, 5.74) is 0.627. The molecule has 2 fully saturated rings. The Morgan fingerprint density at radius 3 is 2.55 bits per heavy atom. The van der Waals surface area contributed by atoms with Gasteiger partial charge in [0.25, 0.3) is 5.91 Å². The first-order valence-corrected chi connectivity index (χ1v) is 7.88. The molecule has 0 saturated carbocycles. The van der Waals surface area contributed by atoms with Crippen molar-refractivity contribution >= 4 is 17.5 Å². The molecule has 3 nitrogen and oxygen atoms in total. The second kappa shape index (κ2) is 5.74. The normalized spacial score (nSPS) is 28.4.